The fourth-order valence-electron chi connectivity index (χ4n) is 2.60. The van der Waals surface area contributed by atoms with Crippen LogP contribution in [-0.4, -0.2) is 31.0 Å². The van der Waals surface area contributed by atoms with Crippen molar-refractivity contribution in [3.63, 3.8) is 0 Å². The van der Waals surface area contributed by atoms with Crippen LogP contribution in [0.2, 0.25) is 0 Å². The Labute approximate surface area is 173 Å². The van der Waals surface area contributed by atoms with E-state index in [4.69, 9.17) is 4.74 Å². The van der Waals surface area contributed by atoms with E-state index in [0.717, 1.165) is 30.7 Å². The van der Waals surface area contributed by atoms with Crippen molar-refractivity contribution in [2.75, 3.05) is 23.7 Å². The van der Waals surface area contributed by atoms with Crippen LogP contribution in [-0.2, 0) is 4.79 Å². The Hall–Kier alpha value is -3.02. The molecule has 0 aliphatic carbocycles. The van der Waals surface area contributed by atoms with Gasteiger partial charge in [-0.15, -0.1) is 0 Å². The van der Waals surface area contributed by atoms with Crippen LogP contribution in [0, 0.1) is 0 Å². The Balaban J connectivity index is 1.87. The predicted molar refractivity (Wildman–Crippen MR) is 118 cm³/mol. The highest BCUT2D eigenvalue weighted by Gasteiger charge is 2.08. The molecule has 2 rings (SSSR count). The van der Waals surface area contributed by atoms with Gasteiger partial charge in [0, 0.05) is 29.5 Å². The summed E-state index contributed by atoms with van der Waals surface area (Å²) in [7, 11) is 0. The third-order valence-corrected chi connectivity index (χ3v) is 4.42. The molecule has 0 saturated heterocycles. The first-order valence-corrected chi connectivity index (χ1v) is 10.2. The molecule has 29 heavy (non-hydrogen) atoms. The molecule has 0 bridgehead atoms. The maximum Gasteiger partial charge on any atom is 0.251 e. The number of unbranched alkanes of at least 4 members (excludes halogenated alkanes) is 1. The molecule has 0 spiro atoms. The first kappa shape index (κ1) is 22.3. The molecule has 2 amide bonds. The fraction of sp³-hybridized carbons (Fsp3) is 0.391. The van der Waals surface area contributed by atoms with E-state index >= 15 is 0 Å². The summed E-state index contributed by atoms with van der Waals surface area (Å²) in [6.07, 6.45) is 3.02. The van der Waals surface area contributed by atoms with E-state index in [-0.39, 0.29) is 24.5 Å². The summed E-state index contributed by atoms with van der Waals surface area (Å²) in [4.78, 5) is 24.4. The van der Waals surface area contributed by atoms with E-state index in [0.29, 0.717) is 17.8 Å². The summed E-state index contributed by atoms with van der Waals surface area (Å²) < 4.78 is 5.78. The maximum atomic E-state index is 12.3. The van der Waals surface area contributed by atoms with Crippen molar-refractivity contribution in [3.05, 3.63) is 54.1 Å². The van der Waals surface area contributed by atoms with Gasteiger partial charge < -0.3 is 20.7 Å². The molecule has 0 heterocycles. The van der Waals surface area contributed by atoms with E-state index in [9.17, 15) is 9.59 Å². The molecule has 6 nitrogen and oxygen atoms in total. The molecular formula is C23H31N3O3. The molecule has 1 unspecified atom stereocenters. The molecule has 156 valence electrons. The van der Waals surface area contributed by atoms with Gasteiger partial charge in [-0.25, -0.2) is 0 Å². The minimum absolute atomic E-state index is 0.0946. The Morgan fingerprint density at radius 3 is 2.55 bits per heavy atom. The zero-order chi connectivity index (χ0) is 21.1. The largest absolute Gasteiger partial charge is 0.491 e. The van der Waals surface area contributed by atoms with E-state index in [2.05, 4.69) is 29.8 Å². The second-order valence-electron chi connectivity index (χ2n) is 6.96. The summed E-state index contributed by atoms with van der Waals surface area (Å²) in [5, 5.41) is 8.80. The van der Waals surface area contributed by atoms with Gasteiger partial charge in [0.2, 0.25) is 5.91 Å². The lowest BCUT2D eigenvalue weighted by molar-refractivity contribution is -0.114. The quantitative estimate of drug-likeness (QED) is 0.490. The molecule has 1 atom stereocenters. The predicted octanol–water partition coefficient (Wildman–Crippen LogP) is 4.44. The SMILES string of the molecule is CCCCNC(=O)c1cccc(NCC(=O)Nc2cccc(OC(C)CC)c2)c1. The van der Waals surface area contributed by atoms with Gasteiger partial charge in [0.1, 0.15) is 5.75 Å². The van der Waals surface area contributed by atoms with Crippen LogP contribution in [0.5, 0.6) is 5.75 Å². The minimum Gasteiger partial charge on any atom is -0.491 e. The van der Waals surface area contributed by atoms with Crippen LogP contribution in [0.3, 0.4) is 0 Å². The molecule has 0 aromatic heterocycles. The number of nitrogens with one attached hydrogen (secondary N) is 3. The summed E-state index contributed by atoms with van der Waals surface area (Å²) in [5.41, 5.74) is 1.97. The van der Waals surface area contributed by atoms with Crippen molar-refractivity contribution in [1.29, 1.82) is 0 Å². The van der Waals surface area contributed by atoms with Gasteiger partial charge in [-0.2, -0.15) is 0 Å². The molecule has 6 heteroatoms. The van der Waals surface area contributed by atoms with E-state index in [1.54, 1.807) is 18.2 Å². The Bertz CT molecular complexity index is 807. The molecule has 2 aromatic carbocycles. The van der Waals surface area contributed by atoms with E-state index in [1.165, 1.54) is 0 Å². The monoisotopic (exact) mass is 397 g/mol. The third-order valence-electron chi connectivity index (χ3n) is 4.42. The van der Waals surface area contributed by atoms with Gasteiger partial charge >= 0.3 is 0 Å². The summed E-state index contributed by atoms with van der Waals surface area (Å²) in [6.45, 7) is 6.91. The summed E-state index contributed by atoms with van der Waals surface area (Å²) in [6, 6.07) is 14.5. The average Bonchev–Trinajstić information content (AvgIpc) is 2.72. The van der Waals surface area contributed by atoms with Gasteiger partial charge in [-0.05, 0) is 50.1 Å². The average molecular weight is 398 g/mol. The molecule has 0 aliphatic heterocycles. The van der Waals surface area contributed by atoms with Crippen molar-refractivity contribution in [2.24, 2.45) is 0 Å². The lowest BCUT2D eigenvalue weighted by Gasteiger charge is -2.14. The van der Waals surface area contributed by atoms with Crippen LogP contribution in [0.25, 0.3) is 0 Å². The van der Waals surface area contributed by atoms with Gasteiger partial charge in [-0.3, -0.25) is 9.59 Å². The highest BCUT2D eigenvalue weighted by atomic mass is 16.5. The van der Waals surface area contributed by atoms with Gasteiger partial charge in [-0.1, -0.05) is 32.4 Å². The molecule has 2 aromatic rings. The Morgan fingerprint density at radius 1 is 1.03 bits per heavy atom. The number of hydrogen-bond acceptors (Lipinski definition) is 4. The zero-order valence-corrected chi connectivity index (χ0v) is 17.5. The number of hydrogen-bond donors (Lipinski definition) is 3. The third kappa shape index (κ3) is 7.86. The molecular weight excluding hydrogens is 366 g/mol. The topological polar surface area (TPSA) is 79.5 Å². The molecule has 0 fully saturated rings. The summed E-state index contributed by atoms with van der Waals surface area (Å²) in [5.74, 6) is 0.445. The van der Waals surface area contributed by atoms with E-state index < -0.39 is 0 Å². The van der Waals surface area contributed by atoms with Crippen LogP contribution in [0.15, 0.2) is 48.5 Å². The van der Waals surface area contributed by atoms with Crippen LogP contribution in [0.4, 0.5) is 11.4 Å². The lowest BCUT2D eigenvalue weighted by Crippen LogP contribution is -2.25. The lowest BCUT2D eigenvalue weighted by atomic mass is 10.2. The van der Waals surface area contributed by atoms with Crippen molar-refractivity contribution in [1.82, 2.24) is 5.32 Å². The standard InChI is InChI=1S/C23H31N3O3/c1-4-6-13-24-23(28)18-9-7-10-19(14-18)25-16-22(27)26-20-11-8-12-21(15-20)29-17(3)5-2/h7-12,14-15,17,25H,4-6,13,16H2,1-3H3,(H,24,28)(H,26,27). The highest BCUT2D eigenvalue weighted by molar-refractivity contribution is 5.96. The van der Waals surface area contributed by atoms with Crippen molar-refractivity contribution >= 4 is 23.2 Å². The number of carbonyl (C=O) groups is 2. The minimum atomic E-state index is -0.177. The zero-order valence-electron chi connectivity index (χ0n) is 17.5. The second-order valence-corrected chi connectivity index (χ2v) is 6.96. The Kier molecular flexibility index (Phi) is 9.02. The molecule has 0 saturated carbocycles. The first-order chi connectivity index (χ1) is 14.0. The number of rotatable bonds is 11. The van der Waals surface area contributed by atoms with Crippen molar-refractivity contribution < 1.29 is 14.3 Å². The number of benzene rings is 2. The number of carbonyl (C=O) groups excluding carboxylic acids is 2. The van der Waals surface area contributed by atoms with Gasteiger partial charge in [0.15, 0.2) is 0 Å². The number of anilines is 2. The maximum absolute atomic E-state index is 12.3. The van der Waals surface area contributed by atoms with Crippen molar-refractivity contribution in [3.8, 4) is 5.75 Å². The second kappa shape index (κ2) is 11.7. The first-order valence-electron chi connectivity index (χ1n) is 10.2. The van der Waals surface area contributed by atoms with E-state index in [1.807, 2.05) is 37.3 Å². The van der Waals surface area contributed by atoms with Gasteiger partial charge in [0.25, 0.3) is 5.91 Å². The normalized spacial score (nSPS) is 11.4. The van der Waals surface area contributed by atoms with Crippen LogP contribution >= 0.6 is 0 Å². The van der Waals surface area contributed by atoms with Crippen molar-refractivity contribution in [2.45, 2.75) is 46.1 Å². The van der Waals surface area contributed by atoms with Gasteiger partial charge in [0.05, 0.1) is 12.6 Å². The molecule has 0 aliphatic rings. The smallest absolute Gasteiger partial charge is 0.251 e. The Morgan fingerprint density at radius 2 is 1.79 bits per heavy atom. The van der Waals surface area contributed by atoms with Crippen LogP contribution < -0.4 is 20.7 Å². The molecule has 0 radical (unpaired) electrons. The number of amides is 2. The summed E-state index contributed by atoms with van der Waals surface area (Å²) >= 11 is 0. The highest BCUT2D eigenvalue weighted by Crippen LogP contribution is 2.19. The molecule has 3 N–H and O–H groups in total. The fourth-order valence-corrected chi connectivity index (χ4v) is 2.60. The number of ether oxygens (including phenoxy) is 1. The van der Waals surface area contributed by atoms with Crippen LogP contribution in [0.1, 0.15) is 50.4 Å².